The zero-order valence-electron chi connectivity index (χ0n) is 11.4. The van der Waals surface area contributed by atoms with Crippen molar-refractivity contribution in [2.75, 3.05) is 11.9 Å². The first-order chi connectivity index (χ1) is 9.19. The van der Waals surface area contributed by atoms with Crippen LogP contribution in [0.2, 0.25) is 0 Å². The third kappa shape index (κ3) is 2.61. The summed E-state index contributed by atoms with van der Waals surface area (Å²) in [5.41, 5.74) is 0.963. The molecular weight excluding hydrogens is 260 g/mol. The molecule has 0 aliphatic heterocycles. The van der Waals surface area contributed by atoms with Crippen LogP contribution in [0.15, 0.2) is 0 Å². The number of aryl methyl sites for hydroxylation is 1. The highest BCUT2D eigenvalue weighted by molar-refractivity contribution is 7.15. The molecule has 2 aliphatic carbocycles. The number of fused-ring (bicyclic) bond motifs is 1. The third-order valence-corrected chi connectivity index (χ3v) is 5.01. The second kappa shape index (κ2) is 5.12. The Bertz CT molecular complexity index is 486. The van der Waals surface area contributed by atoms with Gasteiger partial charge in [-0.15, -0.1) is 11.3 Å². The highest BCUT2D eigenvalue weighted by atomic mass is 32.1. The van der Waals surface area contributed by atoms with Crippen LogP contribution >= 0.6 is 11.3 Å². The second-order valence-corrected chi connectivity index (χ2v) is 6.57. The van der Waals surface area contributed by atoms with Crippen LogP contribution in [0.25, 0.3) is 0 Å². The molecule has 1 fully saturated rings. The fourth-order valence-corrected chi connectivity index (χ4v) is 3.76. The van der Waals surface area contributed by atoms with Gasteiger partial charge in [-0.05, 0) is 38.5 Å². The van der Waals surface area contributed by atoms with Gasteiger partial charge in [0.15, 0.2) is 5.13 Å². The van der Waals surface area contributed by atoms with E-state index >= 15 is 0 Å². The zero-order chi connectivity index (χ0) is 13.4. The van der Waals surface area contributed by atoms with Gasteiger partial charge in [-0.25, -0.2) is 4.98 Å². The summed E-state index contributed by atoms with van der Waals surface area (Å²) in [5, 5.41) is 4.45. The normalized spacial score (nSPS) is 28.6. The lowest BCUT2D eigenvalue weighted by molar-refractivity contribution is -0.145. The molecule has 0 saturated heterocycles. The van der Waals surface area contributed by atoms with E-state index in [-0.39, 0.29) is 11.9 Å². The molecule has 3 unspecified atom stereocenters. The minimum atomic E-state index is -0.146. The van der Waals surface area contributed by atoms with Gasteiger partial charge in [0.2, 0.25) is 0 Å². The van der Waals surface area contributed by atoms with Crippen LogP contribution in [-0.4, -0.2) is 23.6 Å². The molecule has 104 valence electrons. The van der Waals surface area contributed by atoms with Crippen LogP contribution in [0.3, 0.4) is 0 Å². The molecule has 1 aromatic rings. The lowest BCUT2D eigenvalue weighted by Crippen LogP contribution is -2.20. The van der Waals surface area contributed by atoms with Crippen LogP contribution in [0.5, 0.6) is 0 Å². The van der Waals surface area contributed by atoms with Crippen LogP contribution in [0.4, 0.5) is 5.13 Å². The molecule has 0 radical (unpaired) electrons. The van der Waals surface area contributed by atoms with Crippen molar-refractivity contribution < 1.29 is 9.53 Å². The molecule has 1 heterocycles. The molecule has 3 atom stereocenters. The minimum Gasteiger partial charge on any atom is -0.465 e. The first-order valence-electron chi connectivity index (χ1n) is 7.11. The first kappa shape index (κ1) is 12.9. The summed E-state index contributed by atoms with van der Waals surface area (Å²) < 4.78 is 5.16. The van der Waals surface area contributed by atoms with Crippen molar-refractivity contribution in [3.8, 4) is 0 Å². The van der Waals surface area contributed by atoms with E-state index in [1.54, 1.807) is 11.3 Å². The average molecular weight is 280 g/mol. The molecule has 0 bridgehead atoms. The van der Waals surface area contributed by atoms with E-state index in [1.165, 1.54) is 11.3 Å². The molecular formula is C14H20N2O2S. The van der Waals surface area contributed by atoms with Gasteiger partial charge in [-0.3, -0.25) is 4.79 Å². The standard InChI is InChI=1S/C14H20N2O2S/c1-3-18-13(17)9-5-4-6-11-12(9)16-14(19-11)15-10-7-8(10)2/h8-10H,3-7H2,1-2H3,(H,15,16). The number of nitrogens with zero attached hydrogens (tertiary/aromatic N) is 1. The monoisotopic (exact) mass is 280 g/mol. The van der Waals surface area contributed by atoms with E-state index in [0.29, 0.717) is 12.6 Å². The number of anilines is 1. The number of rotatable bonds is 4. The lowest BCUT2D eigenvalue weighted by atomic mass is 9.91. The van der Waals surface area contributed by atoms with Crippen molar-refractivity contribution in [3.63, 3.8) is 0 Å². The number of carbonyl (C=O) groups is 1. The summed E-state index contributed by atoms with van der Waals surface area (Å²) in [6.45, 7) is 4.54. The Morgan fingerprint density at radius 1 is 1.58 bits per heavy atom. The Balaban J connectivity index is 1.77. The Morgan fingerprint density at radius 2 is 2.37 bits per heavy atom. The summed E-state index contributed by atoms with van der Waals surface area (Å²) in [5.74, 6) is 0.494. The van der Waals surface area contributed by atoms with Gasteiger partial charge in [0.25, 0.3) is 0 Å². The molecule has 5 heteroatoms. The Hall–Kier alpha value is -1.10. The predicted molar refractivity (Wildman–Crippen MR) is 75.6 cm³/mol. The maximum atomic E-state index is 12.0. The number of hydrogen-bond acceptors (Lipinski definition) is 5. The Kier molecular flexibility index (Phi) is 3.48. The number of thiazole rings is 1. The molecule has 4 nitrogen and oxygen atoms in total. The Morgan fingerprint density at radius 3 is 3.05 bits per heavy atom. The fourth-order valence-electron chi connectivity index (χ4n) is 2.63. The molecule has 0 amide bonds. The summed E-state index contributed by atoms with van der Waals surface area (Å²) in [7, 11) is 0. The molecule has 1 aromatic heterocycles. The average Bonchev–Trinajstić information content (AvgIpc) is 2.90. The summed E-state index contributed by atoms with van der Waals surface area (Å²) in [6, 6.07) is 0.577. The molecule has 0 spiro atoms. The number of nitrogens with one attached hydrogen (secondary N) is 1. The van der Waals surface area contributed by atoms with E-state index in [9.17, 15) is 4.79 Å². The Labute approximate surface area is 117 Å². The van der Waals surface area contributed by atoms with Crippen molar-refractivity contribution in [1.82, 2.24) is 4.98 Å². The lowest BCUT2D eigenvalue weighted by Gasteiger charge is -2.19. The number of esters is 1. The molecule has 0 aromatic carbocycles. The number of aromatic nitrogens is 1. The summed E-state index contributed by atoms with van der Waals surface area (Å²) in [6.07, 6.45) is 4.20. The fraction of sp³-hybridized carbons (Fsp3) is 0.714. The topological polar surface area (TPSA) is 51.2 Å². The van der Waals surface area contributed by atoms with E-state index in [4.69, 9.17) is 4.74 Å². The molecule has 1 saturated carbocycles. The van der Waals surface area contributed by atoms with Gasteiger partial charge in [-0.1, -0.05) is 6.92 Å². The number of hydrogen-bond donors (Lipinski definition) is 1. The minimum absolute atomic E-state index is 0.111. The third-order valence-electron chi connectivity index (χ3n) is 3.94. The van der Waals surface area contributed by atoms with E-state index in [0.717, 1.165) is 36.0 Å². The first-order valence-corrected chi connectivity index (χ1v) is 7.93. The molecule has 19 heavy (non-hydrogen) atoms. The van der Waals surface area contributed by atoms with Crippen molar-refractivity contribution in [1.29, 1.82) is 0 Å². The van der Waals surface area contributed by atoms with Gasteiger partial charge in [0.1, 0.15) is 5.92 Å². The van der Waals surface area contributed by atoms with Gasteiger partial charge < -0.3 is 10.1 Å². The molecule has 3 rings (SSSR count). The van der Waals surface area contributed by atoms with Gasteiger partial charge in [0.05, 0.1) is 12.3 Å². The summed E-state index contributed by atoms with van der Waals surface area (Å²) >= 11 is 1.71. The summed E-state index contributed by atoms with van der Waals surface area (Å²) in [4.78, 5) is 17.9. The zero-order valence-corrected chi connectivity index (χ0v) is 12.3. The predicted octanol–water partition coefficient (Wildman–Crippen LogP) is 2.95. The van der Waals surface area contributed by atoms with Gasteiger partial charge in [-0.2, -0.15) is 0 Å². The van der Waals surface area contributed by atoms with Crippen molar-refractivity contribution >= 4 is 22.4 Å². The van der Waals surface area contributed by atoms with Gasteiger partial charge in [0, 0.05) is 10.9 Å². The largest absolute Gasteiger partial charge is 0.465 e. The van der Waals surface area contributed by atoms with E-state index < -0.39 is 0 Å². The van der Waals surface area contributed by atoms with Crippen LogP contribution in [0, 0.1) is 5.92 Å². The van der Waals surface area contributed by atoms with Crippen LogP contribution < -0.4 is 5.32 Å². The SMILES string of the molecule is CCOC(=O)C1CCCc2sc(NC3CC3C)nc21. The van der Waals surface area contributed by atoms with Crippen molar-refractivity contribution in [2.24, 2.45) is 5.92 Å². The number of ether oxygens (including phenoxy) is 1. The maximum Gasteiger partial charge on any atom is 0.315 e. The second-order valence-electron chi connectivity index (χ2n) is 5.49. The number of carbonyl (C=O) groups excluding carboxylic acids is 1. The maximum absolute atomic E-state index is 12.0. The van der Waals surface area contributed by atoms with E-state index in [1.807, 2.05) is 6.92 Å². The highest BCUT2D eigenvalue weighted by Gasteiger charge is 2.35. The van der Waals surface area contributed by atoms with Crippen molar-refractivity contribution in [2.45, 2.75) is 51.5 Å². The van der Waals surface area contributed by atoms with Crippen molar-refractivity contribution in [3.05, 3.63) is 10.6 Å². The van der Waals surface area contributed by atoms with E-state index in [2.05, 4.69) is 17.2 Å². The smallest absolute Gasteiger partial charge is 0.315 e. The van der Waals surface area contributed by atoms with Crippen LogP contribution in [-0.2, 0) is 16.0 Å². The van der Waals surface area contributed by atoms with Crippen LogP contribution in [0.1, 0.15) is 49.6 Å². The molecule has 1 N–H and O–H groups in total. The highest BCUT2D eigenvalue weighted by Crippen LogP contribution is 2.40. The quantitative estimate of drug-likeness (QED) is 0.862. The molecule has 2 aliphatic rings. The van der Waals surface area contributed by atoms with Gasteiger partial charge >= 0.3 is 5.97 Å².